The lowest BCUT2D eigenvalue weighted by Gasteiger charge is -2.46. The first kappa shape index (κ1) is 28.8. The molecule has 3 aliphatic heterocycles. The molecule has 0 bridgehead atoms. The van der Waals surface area contributed by atoms with Gasteiger partial charge >= 0.3 is 12.2 Å². The Morgan fingerprint density at radius 1 is 1.05 bits per heavy atom. The highest BCUT2D eigenvalue weighted by atomic mass is 35.5. The summed E-state index contributed by atoms with van der Waals surface area (Å²) in [6, 6.07) is 8.91. The number of amides is 2. The molecule has 0 saturated carbocycles. The summed E-state index contributed by atoms with van der Waals surface area (Å²) < 4.78 is 64.0. The number of urea groups is 1. The maximum atomic E-state index is 14.6. The van der Waals surface area contributed by atoms with E-state index in [2.05, 4.69) is 0 Å². The highest BCUT2D eigenvalue weighted by Crippen LogP contribution is 2.42. The van der Waals surface area contributed by atoms with E-state index in [0.29, 0.717) is 49.1 Å². The Bertz CT molecular complexity index is 1430. The zero-order valence-corrected chi connectivity index (χ0v) is 23.9. The van der Waals surface area contributed by atoms with E-state index in [-0.39, 0.29) is 30.4 Å². The smallest absolute Gasteiger partial charge is 0.368 e. The van der Waals surface area contributed by atoms with Crippen LogP contribution in [0.15, 0.2) is 48.7 Å². The van der Waals surface area contributed by atoms with Crippen molar-refractivity contribution in [2.45, 2.75) is 70.1 Å². The van der Waals surface area contributed by atoms with E-state index < -0.39 is 23.6 Å². The van der Waals surface area contributed by atoms with Crippen LogP contribution < -0.4 is 9.80 Å². The molecule has 3 aromatic rings. The van der Waals surface area contributed by atoms with Crippen LogP contribution in [0.3, 0.4) is 0 Å². The van der Waals surface area contributed by atoms with Gasteiger partial charge in [-0.25, -0.2) is 13.9 Å². The van der Waals surface area contributed by atoms with Gasteiger partial charge in [0.1, 0.15) is 12.0 Å². The molecule has 12 heteroatoms. The molecule has 2 amide bonds. The molecule has 0 N–H and O–H groups in total. The highest BCUT2D eigenvalue weighted by molar-refractivity contribution is 6.33. The number of carbonyl (C=O) groups is 1. The molecule has 0 spiro atoms. The standard InChI is InChI=1S/C30H32ClF4N5O2/c1-19-22-18-39(26-11-4-5-16-42-26)36-28(22)38(17-20-7-2-3-8-23(20)30(33,34)35)29(41)40(19)21-12-14-37(15-13-21)27-24(31)9-6-10-25(27)32/h2-3,6-10,18-19,21,26H,4-5,11-17H2,1H3. The van der Waals surface area contributed by atoms with Crippen LogP contribution in [0.4, 0.5) is 33.9 Å². The summed E-state index contributed by atoms with van der Waals surface area (Å²) >= 11 is 6.31. The summed E-state index contributed by atoms with van der Waals surface area (Å²) in [6.45, 7) is 3.19. The number of alkyl halides is 3. The van der Waals surface area contributed by atoms with Gasteiger partial charge in [0.15, 0.2) is 5.82 Å². The molecular formula is C30H32ClF4N5O2. The fourth-order valence-electron chi connectivity index (χ4n) is 6.40. The Labute approximate surface area is 246 Å². The molecule has 0 radical (unpaired) electrons. The van der Waals surface area contributed by atoms with E-state index in [1.165, 1.54) is 23.1 Å². The van der Waals surface area contributed by atoms with Crippen molar-refractivity contribution in [3.05, 3.63) is 76.2 Å². The molecule has 224 valence electrons. The third-order valence-electron chi connectivity index (χ3n) is 8.53. The lowest BCUT2D eigenvalue weighted by atomic mass is 9.97. The Kier molecular flexibility index (Phi) is 7.82. The number of hydrogen-bond donors (Lipinski definition) is 0. The molecule has 0 aliphatic carbocycles. The molecule has 42 heavy (non-hydrogen) atoms. The molecule has 4 heterocycles. The Morgan fingerprint density at radius 3 is 2.50 bits per heavy atom. The van der Waals surface area contributed by atoms with E-state index in [4.69, 9.17) is 21.4 Å². The Balaban J connectivity index is 1.32. The third kappa shape index (κ3) is 5.32. The van der Waals surface area contributed by atoms with Gasteiger partial charge in [0.25, 0.3) is 0 Å². The van der Waals surface area contributed by atoms with Gasteiger partial charge in [0.05, 0.1) is 28.9 Å². The average molecular weight is 606 g/mol. The third-order valence-corrected chi connectivity index (χ3v) is 8.83. The zero-order valence-electron chi connectivity index (χ0n) is 23.2. The van der Waals surface area contributed by atoms with Crippen LogP contribution in [-0.4, -0.2) is 46.4 Å². The topological polar surface area (TPSA) is 53.8 Å². The molecule has 3 aliphatic rings. The number of fused-ring (bicyclic) bond motifs is 1. The summed E-state index contributed by atoms with van der Waals surface area (Å²) in [7, 11) is 0. The second-order valence-corrected chi connectivity index (χ2v) is 11.5. The van der Waals surface area contributed by atoms with Gasteiger partial charge < -0.3 is 14.5 Å². The Morgan fingerprint density at radius 2 is 1.81 bits per heavy atom. The van der Waals surface area contributed by atoms with Crippen LogP contribution in [0.5, 0.6) is 0 Å². The van der Waals surface area contributed by atoms with Crippen LogP contribution in [0.25, 0.3) is 0 Å². The molecule has 2 atom stereocenters. The van der Waals surface area contributed by atoms with Crippen molar-refractivity contribution in [3.8, 4) is 0 Å². The van der Waals surface area contributed by atoms with Gasteiger partial charge in [0.2, 0.25) is 0 Å². The molecular weight excluding hydrogens is 574 g/mol. The minimum absolute atomic E-state index is 0.00807. The Hall–Kier alpha value is -3.31. The largest absolute Gasteiger partial charge is 0.416 e. The number of halogens is 5. The van der Waals surface area contributed by atoms with Crippen molar-refractivity contribution in [1.82, 2.24) is 14.7 Å². The van der Waals surface area contributed by atoms with Crippen molar-refractivity contribution in [2.24, 2.45) is 0 Å². The van der Waals surface area contributed by atoms with Gasteiger partial charge in [0, 0.05) is 37.5 Å². The fourth-order valence-corrected chi connectivity index (χ4v) is 6.69. The predicted octanol–water partition coefficient (Wildman–Crippen LogP) is 7.57. The summed E-state index contributed by atoms with van der Waals surface area (Å²) in [6.07, 6.45) is 0.790. The molecule has 2 unspecified atom stereocenters. The van der Waals surface area contributed by atoms with Crippen molar-refractivity contribution >= 4 is 29.1 Å². The number of carbonyl (C=O) groups excluding carboxylic acids is 1. The van der Waals surface area contributed by atoms with E-state index in [0.717, 1.165) is 30.9 Å². The SMILES string of the molecule is CC1c2cn(C3CCCCO3)nc2N(Cc2ccccc2C(F)(F)F)C(=O)N1C1CCN(c2c(F)cccc2Cl)CC1. The molecule has 1 aromatic heterocycles. The number of piperidine rings is 1. The average Bonchev–Trinajstić information content (AvgIpc) is 3.42. The molecule has 2 aromatic carbocycles. The van der Waals surface area contributed by atoms with E-state index in [9.17, 15) is 22.4 Å². The molecule has 2 saturated heterocycles. The number of nitrogens with zero attached hydrogens (tertiary/aromatic N) is 5. The normalized spacial score (nSPS) is 22.0. The van der Waals surface area contributed by atoms with Gasteiger partial charge in [-0.15, -0.1) is 0 Å². The van der Waals surface area contributed by atoms with Crippen LogP contribution >= 0.6 is 11.6 Å². The predicted molar refractivity (Wildman–Crippen MR) is 151 cm³/mol. The van der Waals surface area contributed by atoms with Crippen LogP contribution in [0.1, 0.15) is 68.0 Å². The van der Waals surface area contributed by atoms with Crippen molar-refractivity contribution in [2.75, 3.05) is 29.5 Å². The maximum Gasteiger partial charge on any atom is 0.416 e. The van der Waals surface area contributed by atoms with Gasteiger partial charge in [-0.05, 0) is 62.8 Å². The highest BCUT2D eigenvalue weighted by Gasteiger charge is 2.44. The van der Waals surface area contributed by atoms with Gasteiger partial charge in [-0.2, -0.15) is 18.3 Å². The molecule has 6 rings (SSSR count). The van der Waals surface area contributed by atoms with E-state index in [1.54, 1.807) is 27.8 Å². The lowest BCUT2D eigenvalue weighted by molar-refractivity contribution is -0.138. The van der Waals surface area contributed by atoms with Crippen LogP contribution in [0.2, 0.25) is 5.02 Å². The summed E-state index contributed by atoms with van der Waals surface area (Å²) in [5, 5.41) is 5.05. The number of para-hydroxylation sites is 1. The first-order chi connectivity index (χ1) is 20.1. The number of hydrogen-bond acceptors (Lipinski definition) is 4. The van der Waals surface area contributed by atoms with E-state index >= 15 is 0 Å². The van der Waals surface area contributed by atoms with Crippen LogP contribution in [-0.2, 0) is 17.5 Å². The maximum absolute atomic E-state index is 14.6. The number of benzene rings is 2. The zero-order chi connectivity index (χ0) is 29.6. The first-order valence-electron chi connectivity index (χ1n) is 14.3. The van der Waals surface area contributed by atoms with E-state index in [1.807, 2.05) is 18.0 Å². The summed E-state index contributed by atoms with van der Waals surface area (Å²) in [5.74, 6) is -0.0506. The van der Waals surface area contributed by atoms with Gasteiger partial charge in [-0.3, -0.25) is 4.90 Å². The minimum atomic E-state index is -4.57. The fraction of sp³-hybridized carbons (Fsp3) is 0.467. The first-order valence-corrected chi connectivity index (χ1v) is 14.7. The monoisotopic (exact) mass is 605 g/mol. The van der Waals surface area contributed by atoms with Crippen LogP contribution in [0, 0.1) is 5.82 Å². The number of anilines is 2. The number of rotatable bonds is 5. The summed E-state index contributed by atoms with van der Waals surface area (Å²) in [4.78, 5) is 19.2. The number of aromatic nitrogens is 2. The lowest BCUT2D eigenvalue weighted by Crippen LogP contribution is -2.55. The quantitative estimate of drug-likeness (QED) is 0.282. The van der Waals surface area contributed by atoms with Crippen molar-refractivity contribution in [1.29, 1.82) is 0 Å². The second-order valence-electron chi connectivity index (χ2n) is 11.1. The molecule has 7 nitrogen and oxygen atoms in total. The molecule has 2 fully saturated rings. The summed E-state index contributed by atoms with van der Waals surface area (Å²) in [5.41, 5.74) is 0.311. The second kappa shape index (κ2) is 11.4. The van der Waals surface area contributed by atoms with Crippen molar-refractivity contribution in [3.63, 3.8) is 0 Å². The van der Waals surface area contributed by atoms with Gasteiger partial charge in [-0.1, -0.05) is 35.9 Å². The minimum Gasteiger partial charge on any atom is -0.368 e. The van der Waals surface area contributed by atoms with Crippen molar-refractivity contribution < 1.29 is 27.1 Å². The number of ether oxygens (including phenoxy) is 1.